The van der Waals surface area contributed by atoms with E-state index in [0.29, 0.717) is 36.6 Å². The predicted molar refractivity (Wildman–Crippen MR) is 75.3 cm³/mol. The maximum absolute atomic E-state index is 10.2. The van der Waals surface area contributed by atoms with Crippen LogP contribution in [0.4, 0.5) is 5.82 Å². The van der Waals surface area contributed by atoms with Crippen molar-refractivity contribution in [2.75, 3.05) is 18.9 Å². The average molecular weight is 291 g/mol. The molecule has 1 saturated heterocycles. The van der Waals surface area contributed by atoms with Gasteiger partial charge in [-0.2, -0.15) is 0 Å². The molecule has 0 aromatic carbocycles. The van der Waals surface area contributed by atoms with Gasteiger partial charge in [0, 0.05) is 6.42 Å². The highest BCUT2D eigenvalue weighted by atomic mass is 16.6. The Hall–Kier alpha value is -2.03. The SMILES string of the molecule is C=CCOC[C@@H]1C[C@@H](O)[C@H](n2cnc3c(N)ncnc32)O1. The number of aliphatic hydroxyl groups is 1. The second-order valence-corrected chi connectivity index (χ2v) is 4.86. The third kappa shape index (κ3) is 2.60. The number of hydrogen-bond acceptors (Lipinski definition) is 7. The summed E-state index contributed by atoms with van der Waals surface area (Å²) in [5, 5.41) is 10.2. The normalized spacial score (nSPS) is 25.5. The van der Waals surface area contributed by atoms with Crippen LogP contribution in [0.25, 0.3) is 11.2 Å². The Bertz CT molecular complexity index is 644. The van der Waals surface area contributed by atoms with Gasteiger partial charge in [-0.25, -0.2) is 15.0 Å². The molecular weight excluding hydrogens is 274 g/mol. The minimum atomic E-state index is -0.657. The van der Waals surface area contributed by atoms with Gasteiger partial charge in [0.25, 0.3) is 0 Å². The Morgan fingerprint density at radius 2 is 2.38 bits per heavy atom. The smallest absolute Gasteiger partial charge is 0.167 e. The zero-order chi connectivity index (χ0) is 14.8. The molecule has 3 rings (SSSR count). The number of nitrogens with zero attached hydrogens (tertiary/aromatic N) is 4. The van der Waals surface area contributed by atoms with Crippen LogP contribution in [0.3, 0.4) is 0 Å². The number of anilines is 1. The van der Waals surface area contributed by atoms with Gasteiger partial charge in [-0.05, 0) is 0 Å². The Labute approximate surface area is 121 Å². The Morgan fingerprint density at radius 3 is 3.19 bits per heavy atom. The van der Waals surface area contributed by atoms with E-state index < -0.39 is 12.3 Å². The summed E-state index contributed by atoms with van der Waals surface area (Å²) in [5.74, 6) is 0.303. The lowest BCUT2D eigenvalue weighted by atomic mass is 10.2. The topological polar surface area (TPSA) is 108 Å². The molecule has 8 nitrogen and oxygen atoms in total. The van der Waals surface area contributed by atoms with E-state index in [4.69, 9.17) is 15.2 Å². The van der Waals surface area contributed by atoms with Crippen molar-refractivity contribution in [2.45, 2.75) is 24.9 Å². The molecule has 0 aliphatic carbocycles. The van der Waals surface area contributed by atoms with E-state index in [1.165, 1.54) is 6.33 Å². The summed E-state index contributed by atoms with van der Waals surface area (Å²) in [5.41, 5.74) is 6.79. The summed E-state index contributed by atoms with van der Waals surface area (Å²) in [6.45, 7) is 4.45. The Balaban J connectivity index is 1.79. The fourth-order valence-electron chi connectivity index (χ4n) is 2.43. The zero-order valence-corrected chi connectivity index (χ0v) is 11.4. The van der Waals surface area contributed by atoms with Crippen LogP contribution in [0, 0.1) is 0 Å². The number of ether oxygens (including phenoxy) is 2. The van der Waals surface area contributed by atoms with Crippen LogP contribution in [0.1, 0.15) is 12.6 Å². The molecule has 21 heavy (non-hydrogen) atoms. The summed E-state index contributed by atoms with van der Waals surface area (Å²) in [6.07, 6.45) is 3.69. The molecule has 2 aromatic rings. The lowest BCUT2D eigenvalue weighted by molar-refractivity contribution is -0.0573. The average Bonchev–Trinajstić information content (AvgIpc) is 3.04. The molecule has 0 spiro atoms. The van der Waals surface area contributed by atoms with Gasteiger partial charge in [-0.1, -0.05) is 6.08 Å². The van der Waals surface area contributed by atoms with Crippen LogP contribution in [-0.2, 0) is 9.47 Å². The maximum Gasteiger partial charge on any atom is 0.167 e. The summed E-state index contributed by atoms with van der Waals surface area (Å²) >= 11 is 0. The number of fused-ring (bicyclic) bond motifs is 1. The lowest BCUT2D eigenvalue weighted by Crippen LogP contribution is -2.19. The monoisotopic (exact) mass is 291 g/mol. The highest BCUT2D eigenvalue weighted by molar-refractivity contribution is 5.81. The second-order valence-electron chi connectivity index (χ2n) is 4.86. The molecule has 0 unspecified atom stereocenters. The first kappa shape index (κ1) is 13.9. The molecule has 112 valence electrons. The molecule has 3 heterocycles. The lowest BCUT2D eigenvalue weighted by Gasteiger charge is -2.16. The summed E-state index contributed by atoms with van der Waals surface area (Å²) in [4.78, 5) is 12.2. The third-order valence-corrected chi connectivity index (χ3v) is 3.37. The molecule has 1 fully saturated rings. The van der Waals surface area contributed by atoms with E-state index in [9.17, 15) is 5.11 Å². The molecule has 0 bridgehead atoms. The van der Waals surface area contributed by atoms with Gasteiger partial charge in [-0.15, -0.1) is 6.58 Å². The Morgan fingerprint density at radius 1 is 1.52 bits per heavy atom. The second kappa shape index (κ2) is 5.76. The van der Waals surface area contributed by atoms with Crippen molar-refractivity contribution >= 4 is 17.0 Å². The van der Waals surface area contributed by atoms with Crippen molar-refractivity contribution in [1.29, 1.82) is 0 Å². The highest BCUT2D eigenvalue weighted by Gasteiger charge is 2.36. The minimum absolute atomic E-state index is 0.179. The standard InChI is InChI=1S/C13H17N5O3/c1-2-3-20-5-8-4-9(19)13(21-8)18-7-17-10-11(14)15-6-16-12(10)18/h2,6-9,13,19H,1,3-5H2,(H2,14,15,16)/t8-,9+,13+/m0/s1. The maximum atomic E-state index is 10.2. The van der Waals surface area contributed by atoms with Crippen LogP contribution < -0.4 is 5.73 Å². The number of hydrogen-bond donors (Lipinski definition) is 2. The first-order chi connectivity index (χ1) is 10.2. The van der Waals surface area contributed by atoms with Gasteiger partial charge in [0.15, 0.2) is 17.7 Å². The number of nitrogens with two attached hydrogens (primary N) is 1. The van der Waals surface area contributed by atoms with Crippen molar-refractivity contribution < 1.29 is 14.6 Å². The molecule has 0 amide bonds. The van der Waals surface area contributed by atoms with Crippen LogP contribution in [0.15, 0.2) is 25.3 Å². The van der Waals surface area contributed by atoms with Crippen LogP contribution in [-0.4, -0.2) is 50.0 Å². The molecule has 8 heteroatoms. The van der Waals surface area contributed by atoms with E-state index >= 15 is 0 Å². The molecule has 1 aliphatic rings. The van der Waals surface area contributed by atoms with E-state index in [-0.39, 0.29) is 6.10 Å². The van der Waals surface area contributed by atoms with Crippen LogP contribution in [0.5, 0.6) is 0 Å². The molecule has 0 radical (unpaired) electrons. The predicted octanol–water partition coefficient (Wildman–Crippen LogP) is 0.259. The van der Waals surface area contributed by atoms with Crippen LogP contribution in [0.2, 0.25) is 0 Å². The van der Waals surface area contributed by atoms with E-state index in [2.05, 4.69) is 21.5 Å². The summed E-state index contributed by atoms with van der Waals surface area (Å²) < 4.78 is 12.9. The van der Waals surface area contributed by atoms with Crippen molar-refractivity contribution in [1.82, 2.24) is 19.5 Å². The molecule has 3 atom stereocenters. The number of aliphatic hydroxyl groups excluding tert-OH is 1. The highest BCUT2D eigenvalue weighted by Crippen LogP contribution is 2.31. The quantitative estimate of drug-likeness (QED) is 0.600. The third-order valence-electron chi connectivity index (χ3n) is 3.37. The largest absolute Gasteiger partial charge is 0.388 e. The summed E-state index contributed by atoms with van der Waals surface area (Å²) in [6, 6.07) is 0. The zero-order valence-electron chi connectivity index (χ0n) is 11.4. The number of imidazole rings is 1. The number of rotatable bonds is 5. The van der Waals surface area contributed by atoms with Crippen molar-refractivity contribution in [3.63, 3.8) is 0 Å². The molecule has 0 saturated carbocycles. The van der Waals surface area contributed by atoms with Gasteiger partial charge < -0.3 is 20.3 Å². The fraction of sp³-hybridized carbons (Fsp3) is 0.462. The Kier molecular flexibility index (Phi) is 3.82. The molecule has 1 aliphatic heterocycles. The van der Waals surface area contributed by atoms with Gasteiger partial charge in [0.1, 0.15) is 17.9 Å². The molecular formula is C13H17N5O3. The molecule has 2 aromatic heterocycles. The van der Waals surface area contributed by atoms with Gasteiger partial charge in [0.05, 0.1) is 25.6 Å². The molecule has 3 N–H and O–H groups in total. The van der Waals surface area contributed by atoms with Gasteiger partial charge >= 0.3 is 0 Å². The minimum Gasteiger partial charge on any atom is -0.388 e. The summed E-state index contributed by atoms with van der Waals surface area (Å²) in [7, 11) is 0. The van der Waals surface area contributed by atoms with Gasteiger partial charge in [0.2, 0.25) is 0 Å². The first-order valence-corrected chi connectivity index (χ1v) is 6.66. The number of aromatic nitrogens is 4. The van der Waals surface area contributed by atoms with Crippen molar-refractivity contribution in [3.8, 4) is 0 Å². The number of nitrogen functional groups attached to an aromatic ring is 1. The van der Waals surface area contributed by atoms with Crippen LogP contribution >= 0.6 is 0 Å². The van der Waals surface area contributed by atoms with Crippen molar-refractivity contribution in [2.24, 2.45) is 0 Å². The van der Waals surface area contributed by atoms with E-state index in [1.54, 1.807) is 17.0 Å². The van der Waals surface area contributed by atoms with E-state index in [1.807, 2.05) is 0 Å². The van der Waals surface area contributed by atoms with E-state index in [0.717, 1.165) is 0 Å². The first-order valence-electron chi connectivity index (χ1n) is 6.66. The fourth-order valence-corrected chi connectivity index (χ4v) is 2.43. The van der Waals surface area contributed by atoms with Gasteiger partial charge in [-0.3, -0.25) is 4.57 Å². The van der Waals surface area contributed by atoms with Crippen molar-refractivity contribution in [3.05, 3.63) is 25.3 Å².